The van der Waals surface area contributed by atoms with Crippen LogP contribution in [0.4, 0.5) is 0 Å². The molecule has 0 heterocycles. The molecule has 6 nitrogen and oxygen atoms in total. The fourth-order valence-electron chi connectivity index (χ4n) is 8.65. The second kappa shape index (κ2) is 61.9. The Labute approximate surface area is 457 Å². The summed E-state index contributed by atoms with van der Waals surface area (Å²) < 4.78 is 16.8. The molecule has 0 rings (SSSR count). The van der Waals surface area contributed by atoms with Gasteiger partial charge in [-0.1, -0.05) is 272 Å². The van der Waals surface area contributed by atoms with Crippen molar-refractivity contribution in [3.05, 3.63) is 97.2 Å². The highest BCUT2D eigenvalue weighted by atomic mass is 16.6. The molecule has 1 unspecified atom stereocenters. The van der Waals surface area contributed by atoms with Gasteiger partial charge in [0.1, 0.15) is 13.2 Å². The first-order valence-corrected chi connectivity index (χ1v) is 31.2. The lowest BCUT2D eigenvalue weighted by Gasteiger charge is -2.18. The molecule has 74 heavy (non-hydrogen) atoms. The van der Waals surface area contributed by atoms with Crippen molar-refractivity contribution in [1.82, 2.24) is 0 Å². The van der Waals surface area contributed by atoms with Crippen molar-refractivity contribution in [2.24, 2.45) is 0 Å². The van der Waals surface area contributed by atoms with Crippen LogP contribution in [-0.4, -0.2) is 37.2 Å². The number of hydrogen-bond donors (Lipinski definition) is 0. The van der Waals surface area contributed by atoms with E-state index in [1.54, 1.807) is 0 Å². The van der Waals surface area contributed by atoms with Gasteiger partial charge in [-0.2, -0.15) is 0 Å². The molecule has 0 aromatic rings. The van der Waals surface area contributed by atoms with Crippen LogP contribution < -0.4 is 0 Å². The topological polar surface area (TPSA) is 78.9 Å². The van der Waals surface area contributed by atoms with Crippen LogP contribution in [0.15, 0.2) is 97.2 Å². The van der Waals surface area contributed by atoms with Gasteiger partial charge < -0.3 is 14.2 Å². The number of hydrogen-bond acceptors (Lipinski definition) is 6. The van der Waals surface area contributed by atoms with E-state index in [1.165, 1.54) is 154 Å². The molecule has 0 aliphatic rings. The van der Waals surface area contributed by atoms with E-state index in [-0.39, 0.29) is 31.1 Å². The summed E-state index contributed by atoms with van der Waals surface area (Å²) in [5.41, 5.74) is 0. The van der Waals surface area contributed by atoms with Crippen LogP contribution in [-0.2, 0) is 28.6 Å². The predicted octanol–water partition coefficient (Wildman–Crippen LogP) is 21.3. The second-order valence-electron chi connectivity index (χ2n) is 20.6. The summed E-state index contributed by atoms with van der Waals surface area (Å²) in [6.07, 6.45) is 83.0. The predicted molar refractivity (Wildman–Crippen MR) is 320 cm³/mol. The first-order chi connectivity index (χ1) is 36.5. The summed E-state index contributed by atoms with van der Waals surface area (Å²) >= 11 is 0. The molecule has 0 saturated carbocycles. The summed E-state index contributed by atoms with van der Waals surface area (Å²) in [4.78, 5) is 38.0. The van der Waals surface area contributed by atoms with Crippen molar-refractivity contribution in [3.8, 4) is 0 Å². The molecule has 0 spiro atoms. The van der Waals surface area contributed by atoms with E-state index in [2.05, 4.69) is 118 Å². The maximum atomic E-state index is 12.8. The number of unbranched alkanes of at least 4 members (excludes halogenated alkanes) is 29. The zero-order chi connectivity index (χ0) is 53.6. The van der Waals surface area contributed by atoms with Gasteiger partial charge in [-0.15, -0.1) is 0 Å². The van der Waals surface area contributed by atoms with Crippen LogP contribution >= 0.6 is 0 Å². The average molecular weight is 1030 g/mol. The minimum atomic E-state index is -0.777. The van der Waals surface area contributed by atoms with Gasteiger partial charge >= 0.3 is 17.9 Å². The summed E-state index contributed by atoms with van der Waals surface area (Å²) in [5, 5.41) is 0. The fourth-order valence-corrected chi connectivity index (χ4v) is 8.65. The van der Waals surface area contributed by atoms with E-state index in [0.717, 1.165) is 103 Å². The SMILES string of the molecule is CC/C=C\C/C=C\C/C=C\C/C=C\C/C=C\C/C=C\CCCCCCCCCCCCCCC(=O)OCC(COC(=O)CCCCCCCC)OC(=O)CCCCCCCCCCC/C=C\C/C=C\CCCCC. The minimum absolute atomic E-state index is 0.0778. The Balaban J connectivity index is 4.07. The van der Waals surface area contributed by atoms with Crippen LogP contribution in [0.5, 0.6) is 0 Å². The summed E-state index contributed by atoms with van der Waals surface area (Å²) in [7, 11) is 0. The molecule has 0 aliphatic carbocycles. The first-order valence-electron chi connectivity index (χ1n) is 31.2. The third-order valence-electron chi connectivity index (χ3n) is 13.3. The number of carbonyl (C=O) groups excluding carboxylic acids is 3. The molecule has 0 N–H and O–H groups in total. The lowest BCUT2D eigenvalue weighted by atomic mass is 10.0. The smallest absolute Gasteiger partial charge is 0.306 e. The Morgan fingerprint density at radius 3 is 0.851 bits per heavy atom. The van der Waals surface area contributed by atoms with Crippen LogP contribution in [0.3, 0.4) is 0 Å². The Kier molecular flexibility index (Phi) is 58.8. The van der Waals surface area contributed by atoms with Crippen LogP contribution in [0.2, 0.25) is 0 Å². The molecule has 1 atom stereocenters. The highest BCUT2D eigenvalue weighted by molar-refractivity contribution is 5.71. The largest absolute Gasteiger partial charge is 0.462 e. The standard InChI is InChI=1S/C68H116O6/c1-4-7-10-13-16-18-20-22-24-26-28-29-30-31-32-33-34-35-36-37-38-39-41-42-44-46-48-50-52-55-58-61-67(70)73-64-65(63-72-66(69)60-57-54-15-12-9-6-3)74-68(71)62-59-56-53-51-49-47-45-43-40-27-25-23-21-19-17-14-11-8-5-2/h7,10,16-19,22-25,28-29,31-32,34-35,65H,4-6,8-9,11-15,20-21,26-27,30,33,36-64H2,1-3H3/b10-7-,18-16-,19-17-,24-22-,25-23-,29-28-,32-31-,35-34-. The summed E-state index contributed by atoms with van der Waals surface area (Å²) in [6, 6.07) is 0. The zero-order valence-electron chi connectivity index (χ0n) is 48.6. The van der Waals surface area contributed by atoms with Crippen LogP contribution in [0, 0.1) is 0 Å². The third kappa shape index (κ3) is 59.2. The van der Waals surface area contributed by atoms with Crippen molar-refractivity contribution < 1.29 is 28.6 Å². The van der Waals surface area contributed by atoms with Gasteiger partial charge in [-0.05, 0) is 103 Å². The van der Waals surface area contributed by atoms with Crippen LogP contribution in [0.1, 0.15) is 297 Å². The van der Waals surface area contributed by atoms with Gasteiger partial charge in [0.15, 0.2) is 6.10 Å². The molecular weight excluding hydrogens is 913 g/mol. The minimum Gasteiger partial charge on any atom is -0.462 e. The highest BCUT2D eigenvalue weighted by Gasteiger charge is 2.19. The summed E-state index contributed by atoms with van der Waals surface area (Å²) in [5.74, 6) is -0.887. The van der Waals surface area contributed by atoms with E-state index < -0.39 is 6.10 Å². The second-order valence-corrected chi connectivity index (χ2v) is 20.6. The maximum Gasteiger partial charge on any atom is 0.306 e. The van der Waals surface area contributed by atoms with Crippen molar-refractivity contribution in [2.75, 3.05) is 13.2 Å². The van der Waals surface area contributed by atoms with Crippen LogP contribution in [0.25, 0.3) is 0 Å². The highest BCUT2D eigenvalue weighted by Crippen LogP contribution is 2.16. The van der Waals surface area contributed by atoms with E-state index in [9.17, 15) is 14.4 Å². The van der Waals surface area contributed by atoms with Gasteiger partial charge in [-0.3, -0.25) is 14.4 Å². The van der Waals surface area contributed by atoms with E-state index in [1.807, 2.05) is 0 Å². The molecule has 424 valence electrons. The van der Waals surface area contributed by atoms with Crippen molar-refractivity contribution in [2.45, 2.75) is 303 Å². The van der Waals surface area contributed by atoms with Gasteiger partial charge in [0.05, 0.1) is 0 Å². The molecule has 0 aliphatic heterocycles. The van der Waals surface area contributed by atoms with Crippen molar-refractivity contribution in [3.63, 3.8) is 0 Å². The van der Waals surface area contributed by atoms with Crippen molar-refractivity contribution in [1.29, 1.82) is 0 Å². The fraction of sp³-hybridized carbons (Fsp3) is 0.721. The molecule has 0 amide bonds. The average Bonchev–Trinajstić information content (AvgIpc) is 3.40. The first kappa shape index (κ1) is 70.3. The number of carbonyl (C=O) groups is 3. The van der Waals surface area contributed by atoms with E-state index in [0.29, 0.717) is 19.3 Å². The lowest BCUT2D eigenvalue weighted by Crippen LogP contribution is -2.30. The zero-order valence-corrected chi connectivity index (χ0v) is 48.6. The Bertz CT molecular complexity index is 1460. The molecule has 0 fully saturated rings. The van der Waals surface area contributed by atoms with E-state index in [4.69, 9.17) is 14.2 Å². The maximum absolute atomic E-state index is 12.8. The third-order valence-corrected chi connectivity index (χ3v) is 13.3. The van der Waals surface area contributed by atoms with Gasteiger partial charge in [0, 0.05) is 19.3 Å². The number of rotatable bonds is 56. The Hall–Kier alpha value is -3.67. The molecular formula is C68H116O6. The lowest BCUT2D eigenvalue weighted by molar-refractivity contribution is -0.167. The molecule has 0 aromatic carbocycles. The number of ether oxygens (including phenoxy) is 3. The van der Waals surface area contributed by atoms with Gasteiger partial charge in [0.2, 0.25) is 0 Å². The van der Waals surface area contributed by atoms with Crippen molar-refractivity contribution >= 4 is 17.9 Å². The van der Waals surface area contributed by atoms with E-state index >= 15 is 0 Å². The number of esters is 3. The Morgan fingerprint density at radius 2 is 0.527 bits per heavy atom. The molecule has 0 saturated heterocycles. The monoisotopic (exact) mass is 1030 g/mol. The summed E-state index contributed by atoms with van der Waals surface area (Å²) in [6.45, 7) is 6.45. The van der Waals surface area contributed by atoms with Gasteiger partial charge in [-0.25, -0.2) is 0 Å². The van der Waals surface area contributed by atoms with Gasteiger partial charge in [0.25, 0.3) is 0 Å². The Morgan fingerprint density at radius 1 is 0.284 bits per heavy atom. The normalized spacial score (nSPS) is 12.7. The number of allylic oxidation sites excluding steroid dienone is 16. The quantitative estimate of drug-likeness (QED) is 0.0261. The molecule has 0 aromatic heterocycles. The molecule has 0 bridgehead atoms. The molecule has 6 heteroatoms. The molecule has 0 radical (unpaired) electrons.